The highest BCUT2D eigenvalue weighted by atomic mass is 16.3. The highest BCUT2D eigenvalue weighted by Crippen LogP contribution is 2.31. The third-order valence-electron chi connectivity index (χ3n) is 4.45. The Hall–Kier alpha value is -0.570. The molecule has 3 nitrogen and oxygen atoms in total. The third kappa shape index (κ3) is 3.01. The van der Waals surface area contributed by atoms with Gasteiger partial charge in [0.25, 0.3) is 0 Å². The number of hydrogen-bond donors (Lipinski definition) is 1. The van der Waals surface area contributed by atoms with Crippen LogP contribution in [0.2, 0.25) is 0 Å². The molecule has 1 aliphatic heterocycles. The van der Waals surface area contributed by atoms with Crippen molar-refractivity contribution in [1.82, 2.24) is 4.90 Å². The highest BCUT2D eigenvalue weighted by Gasteiger charge is 2.37. The van der Waals surface area contributed by atoms with Gasteiger partial charge in [-0.25, -0.2) is 0 Å². The van der Waals surface area contributed by atoms with Crippen LogP contribution in [-0.4, -0.2) is 34.6 Å². The number of carbonyl (C=O) groups is 1. The fraction of sp³-hybridized carbons (Fsp3) is 0.929. The molecular formula is C14H25NO2. The molecule has 0 spiro atoms. The van der Waals surface area contributed by atoms with Crippen molar-refractivity contribution in [1.29, 1.82) is 0 Å². The van der Waals surface area contributed by atoms with E-state index >= 15 is 0 Å². The summed E-state index contributed by atoms with van der Waals surface area (Å²) in [4.78, 5) is 14.3. The van der Waals surface area contributed by atoms with Crippen LogP contribution in [0.4, 0.5) is 0 Å². The van der Waals surface area contributed by atoms with E-state index in [4.69, 9.17) is 0 Å². The van der Waals surface area contributed by atoms with Gasteiger partial charge in [-0.05, 0) is 33.1 Å². The molecule has 0 aromatic carbocycles. The minimum Gasteiger partial charge on any atom is -0.390 e. The van der Waals surface area contributed by atoms with Crippen LogP contribution in [-0.2, 0) is 4.79 Å². The fourth-order valence-electron chi connectivity index (χ4n) is 3.14. The summed E-state index contributed by atoms with van der Waals surface area (Å²) in [5, 5.41) is 9.99. The molecule has 2 aliphatic rings. The Morgan fingerprint density at radius 2 is 1.82 bits per heavy atom. The maximum Gasteiger partial charge on any atom is 0.225 e. The minimum atomic E-state index is -0.651. The van der Waals surface area contributed by atoms with Gasteiger partial charge in [-0.3, -0.25) is 4.79 Å². The Labute approximate surface area is 104 Å². The largest absolute Gasteiger partial charge is 0.390 e. The number of rotatable bonds is 2. The highest BCUT2D eigenvalue weighted by molar-refractivity contribution is 5.79. The molecule has 1 heterocycles. The zero-order valence-corrected chi connectivity index (χ0v) is 11.1. The number of amides is 1. The van der Waals surface area contributed by atoms with E-state index in [1.165, 1.54) is 19.3 Å². The molecule has 2 rings (SSSR count). The topological polar surface area (TPSA) is 40.5 Å². The molecule has 0 bridgehead atoms. The summed E-state index contributed by atoms with van der Waals surface area (Å²) in [5.41, 5.74) is -0.651. The van der Waals surface area contributed by atoms with E-state index in [1.807, 2.05) is 18.7 Å². The second-order valence-corrected chi connectivity index (χ2v) is 6.26. The van der Waals surface area contributed by atoms with E-state index in [9.17, 15) is 9.90 Å². The van der Waals surface area contributed by atoms with E-state index < -0.39 is 5.60 Å². The summed E-state index contributed by atoms with van der Waals surface area (Å²) in [5.74, 6) is 0.857. The van der Waals surface area contributed by atoms with E-state index in [2.05, 4.69) is 0 Å². The normalized spacial score (nSPS) is 27.5. The van der Waals surface area contributed by atoms with Gasteiger partial charge >= 0.3 is 0 Å². The summed E-state index contributed by atoms with van der Waals surface area (Å²) in [6.07, 6.45) is 6.79. The Kier molecular flexibility index (Phi) is 3.76. The van der Waals surface area contributed by atoms with E-state index in [-0.39, 0.29) is 11.8 Å². The second-order valence-electron chi connectivity index (χ2n) is 6.26. The maximum absolute atomic E-state index is 12.3. The molecule has 1 N–H and O–H groups in total. The van der Waals surface area contributed by atoms with Gasteiger partial charge in [-0.15, -0.1) is 0 Å². The number of aliphatic hydroxyl groups is 1. The van der Waals surface area contributed by atoms with Crippen LogP contribution in [0.3, 0.4) is 0 Å². The summed E-state index contributed by atoms with van der Waals surface area (Å²) in [6, 6.07) is 0. The van der Waals surface area contributed by atoms with Gasteiger partial charge in [0.05, 0.1) is 5.60 Å². The lowest BCUT2D eigenvalue weighted by atomic mass is 9.88. The van der Waals surface area contributed by atoms with Gasteiger partial charge in [0.15, 0.2) is 0 Å². The molecule has 2 fully saturated rings. The standard InChI is InChI=1S/C14H25NO2/c1-14(2,17)12-8-9-15(10-12)13(16)11-6-4-3-5-7-11/h11-12,17H,3-10H2,1-2H3. The van der Waals surface area contributed by atoms with Crippen LogP contribution in [0.15, 0.2) is 0 Å². The Morgan fingerprint density at radius 1 is 1.18 bits per heavy atom. The minimum absolute atomic E-state index is 0.245. The summed E-state index contributed by atoms with van der Waals surface area (Å²) < 4.78 is 0. The second kappa shape index (κ2) is 4.97. The summed E-state index contributed by atoms with van der Waals surface area (Å²) in [7, 11) is 0. The first-order valence-electron chi connectivity index (χ1n) is 6.99. The number of hydrogen-bond acceptors (Lipinski definition) is 2. The van der Waals surface area contributed by atoms with E-state index in [0.29, 0.717) is 5.91 Å². The quantitative estimate of drug-likeness (QED) is 0.802. The Morgan fingerprint density at radius 3 is 2.35 bits per heavy atom. The average Bonchev–Trinajstić information content (AvgIpc) is 2.78. The van der Waals surface area contributed by atoms with Gasteiger partial charge < -0.3 is 10.0 Å². The van der Waals surface area contributed by atoms with Gasteiger partial charge in [-0.2, -0.15) is 0 Å². The van der Waals surface area contributed by atoms with Gasteiger partial charge in [0.2, 0.25) is 5.91 Å². The zero-order valence-electron chi connectivity index (χ0n) is 11.1. The van der Waals surface area contributed by atoms with E-state index in [0.717, 1.165) is 32.4 Å². The van der Waals surface area contributed by atoms with Gasteiger partial charge in [0, 0.05) is 24.9 Å². The monoisotopic (exact) mass is 239 g/mol. The molecule has 1 amide bonds. The Bertz CT molecular complexity index is 276. The molecule has 1 saturated heterocycles. The molecule has 98 valence electrons. The lowest BCUT2D eigenvalue weighted by Gasteiger charge is -2.28. The van der Waals surface area contributed by atoms with Crippen molar-refractivity contribution in [2.45, 2.75) is 58.0 Å². The maximum atomic E-state index is 12.3. The molecule has 1 atom stereocenters. The van der Waals surface area contributed by atoms with Crippen LogP contribution in [0.5, 0.6) is 0 Å². The van der Waals surface area contributed by atoms with Crippen LogP contribution < -0.4 is 0 Å². The smallest absolute Gasteiger partial charge is 0.225 e. The predicted molar refractivity (Wildman–Crippen MR) is 67.6 cm³/mol. The first kappa shape index (κ1) is 12.9. The Balaban J connectivity index is 1.89. The van der Waals surface area contributed by atoms with Crippen molar-refractivity contribution in [3.8, 4) is 0 Å². The molecule has 1 unspecified atom stereocenters. The summed E-state index contributed by atoms with van der Waals surface area (Å²) >= 11 is 0. The lowest BCUT2D eigenvalue weighted by Crippen LogP contribution is -2.38. The van der Waals surface area contributed by atoms with Crippen LogP contribution in [0.25, 0.3) is 0 Å². The lowest BCUT2D eigenvalue weighted by molar-refractivity contribution is -0.135. The fourth-order valence-corrected chi connectivity index (χ4v) is 3.14. The zero-order chi connectivity index (χ0) is 12.5. The van der Waals surface area contributed by atoms with Crippen molar-refractivity contribution >= 4 is 5.91 Å². The predicted octanol–water partition coefficient (Wildman–Crippen LogP) is 2.19. The number of nitrogens with zero attached hydrogens (tertiary/aromatic N) is 1. The van der Waals surface area contributed by atoms with Crippen molar-refractivity contribution in [3.05, 3.63) is 0 Å². The third-order valence-corrected chi connectivity index (χ3v) is 4.45. The van der Waals surface area contributed by atoms with E-state index in [1.54, 1.807) is 0 Å². The molecule has 0 aromatic rings. The van der Waals surface area contributed by atoms with Crippen molar-refractivity contribution in [3.63, 3.8) is 0 Å². The van der Waals surface area contributed by atoms with Gasteiger partial charge in [0.1, 0.15) is 0 Å². The van der Waals surface area contributed by atoms with Gasteiger partial charge in [-0.1, -0.05) is 19.3 Å². The summed E-state index contributed by atoms with van der Waals surface area (Å²) in [6.45, 7) is 5.29. The average molecular weight is 239 g/mol. The first-order valence-corrected chi connectivity index (χ1v) is 6.99. The molecule has 0 aromatic heterocycles. The molecular weight excluding hydrogens is 214 g/mol. The van der Waals surface area contributed by atoms with Crippen molar-refractivity contribution in [2.75, 3.05) is 13.1 Å². The molecule has 1 aliphatic carbocycles. The first-order chi connectivity index (χ1) is 7.98. The van der Waals surface area contributed by atoms with Crippen LogP contribution >= 0.6 is 0 Å². The van der Waals surface area contributed by atoms with Crippen molar-refractivity contribution in [2.24, 2.45) is 11.8 Å². The number of carbonyl (C=O) groups excluding carboxylic acids is 1. The SMILES string of the molecule is CC(C)(O)C1CCN(C(=O)C2CCCCC2)C1. The van der Waals surface area contributed by atoms with Crippen LogP contribution in [0, 0.1) is 11.8 Å². The van der Waals surface area contributed by atoms with Crippen molar-refractivity contribution < 1.29 is 9.90 Å². The molecule has 0 radical (unpaired) electrons. The van der Waals surface area contributed by atoms with Crippen LogP contribution in [0.1, 0.15) is 52.4 Å². The molecule has 3 heteroatoms. The number of likely N-dealkylation sites (tertiary alicyclic amines) is 1. The molecule has 17 heavy (non-hydrogen) atoms. The molecule has 1 saturated carbocycles.